The number of hydrogen-bond acceptors (Lipinski definition) is 4. The molecular formula is C10H15N3O2S. The van der Waals surface area contributed by atoms with Crippen LogP contribution in [0.1, 0.15) is 12.8 Å². The van der Waals surface area contributed by atoms with Gasteiger partial charge in [-0.05, 0) is 30.9 Å². The van der Waals surface area contributed by atoms with Crippen LogP contribution in [0, 0.1) is 5.92 Å². The summed E-state index contributed by atoms with van der Waals surface area (Å²) in [4.78, 5) is 0.193. The van der Waals surface area contributed by atoms with Crippen LogP contribution in [0.4, 0.5) is 5.69 Å². The van der Waals surface area contributed by atoms with E-state index in [0.717, 1.165) is 12.8 Å². The molecule has 5 nitrogen and oxygen atoms in total. The summed E-state index contributed by atoms with van der Waals surface area (Å²) in [5.74, 6) is 5.78. The predicted octanol–water partition coefficient (Wildman–Crippen LogP) is 0.660. The van der Waals surface area contributed by atoms with E-state index < -0.39 is 10.0 Å². The van der Waals surface area contributed by atoms with Crippen LogP contribution in [-0.2, 0) is 10.0 Å². The van der Waals surface area contributed by atoms with E-state index in [-0.39, 0.29) is 4.90 Å². The minimum Gasteiger partial charge on any atom is -0.323 e. The molecule has 0 aliphatic heterocycles. The summed E-state index contributed by atoms with van der Waals surface area (Å²) in [6.07, 6.45) is 2.22. The van der Waals surface area contributed by atoms with Gasteiger partial charge in [-0.15, -0.1) is 0 Å². The van der Waals surface area contributed by atoms with Crippen molar-refractivity contribution in [2.75, 3.05) is 12.0 Å². The molecule has 4 N–H and O–H groups in total. The van der Waals surface area contributed by atoms with Gasteiger partial charge in [0.1, 0.15) is 4.90 Å². The van der Waals surface area contributed by atoms with E-state index >= 15 is 0 Å². The predicted molar refractivity (Wildman–Crippen MR) is 62.2 cm³/mol. The maximum Gasteiger partial charge on any atom is 0.242 e. The summed E-state index contributed by atoms with van der Waals surface area (Å²) in [5, 5.41) is 0. The number of sulfonamides is 1. The molecule has 1 fully saturated rings. The minimum atomic E-state index is -3.45. The van der Waals surface area contributed by atoms with Crippen molar-refractivity contribution in [3.63, 3.8) is 0 Å². The Morgan fingerprint density at radius 3 is 2.62 bits per heavy atom. The number of para-hydroxylation sites is 1. The van der Waals surface area contributed by atoms with Gasteiger partial charge in [0.25, 0.3) is 0 Å². The molecule has 0 heterocycles. The van der Waals surface area contributed by atoms with E-state index in [2.05, 4.69) is 10.1 Å². The normalized spacial score (nSPS) is 16.1. The summed E-state index contributed by atoms with van der Waals surface area (Å²) in [6.45, 7) is 0.515. The van der Waals surface area contributed by atoms with E-state index in [1.165, 1.54) is 6.07 Å². The van der Waals surface area contributed by atoms with Crippen LogP contribution in [0.3, 0.4) is 0 Å². The average Bonchev–Trinajstić information content (AvgIpc) is 3.10. The molecule has 0 radical (unpaired) electrons. The zero-order valence-electron chi connectivity index (χ0n) is 8.81. The number of nitrogens with one attached hydrogen (secondary N) is 2. The molecule has 6 heteroatoms. The summed E-state index contributed by atoms with van der Waals surface area (Å²) in [7, 11) is -3.45. The Kier molecular flexibility index (Phi) is 3.13. The highest BCUT2D eigenvalue weighted by Gasteiger charge is 2.25. The third-order valence-corrected chi connectivity index (χ3v) is 4.07. The van der Waals surface area contributed by atoms with Crippen molar-refractivity contribution in [1.82, 2.24) is 4.72 Å². The zero-order chi connectivity index (χ0) is 11.6. The summed E-state index contributed by atoms with van der Waals surface area (Å²) in [6, 6.07) is 6.57. The fourth-order valence-electron chi connectivity index (χ4n) is 1.45. The van der Waals surface area contributed by atoms with Crippen molar-refractivity contribution in [3.05, 3.63) is 24.3 Å². The SMILES string of the molecule is NNc1ccccc1S(=O)(=O)NCC1CC1. The fourth-order valence-corrected chi connectivity index (χ4v) is 2.73. The van der Waals surface area contributed by atoms with Crippen molar-refractivity contribution in [3.8, 4) is 0 Å². The van der Waals surface area contributed by atoms with Gasteiger partial charge in [0, 0.05) is 6.54 Å². The van der Waals surface area contributed by atoms with Crippen LogP contribution < -0.4 is 16.0 Å². The quantitative estimate of drug-likeness (QED) is 0.522. The molecule has 2 rings (SSSR count). The van der Waals surface area contributed by atoms with Crippen LogP contribution >= 0.6 is 0 Å². The number of rotatable bonds is 5. The molecule has 1 aliphatic rings. The first-order valence-electron chi connectivity index (χ1n) is 5.19. The monoisotopic (exact) mass is 241 g/mol. The Morgan fingerprint density at radius 2 is 2.00 bits per heavy atom. The van der Waals surface area contributed by atoms with Crippen molar-refractivity contribution in [1.29, 1.82) is 0 Å². The lowest BCUT2D eigenvalue weighted by Gasteiger charge is -2.10. The Hall–Kier alpha value is -1.11. The highest BCUT2D eigenvalue weighted by molar-refractivity contribution is 7.89. The highest BCUT2D eigenvalue weighted by atomic mass is 32.2. The van der Waals surface area contributed by atoms with Gasteiger partial charge in [0.05, 0.1) is 5.69 Å². The van der Waals surface area contributed by atoms with Gasteiger partial charge < -0.3 is 5.43 Å². The standard InChI is InChI=1S/C10H15N3O2S/c11-13-9-3-1-2-4-10(9)16(14,15)12-7-8-5-6-8/h1-4,8,12-13H,5-7,11H2. The molecular weight excluding hydrogens is 226 g/mol. The van der Waals surface area contributed by atoms with E-state index in [1.54, 1.807) is 18.2 Å². The molecule has 0 amide bonds. The largest absolute Gasteiger partial charge is 0.323 e. The second kappa shape index (κ2) is 4.40. The Labute approximate surface area is 95.1 Å². The number of nitrogens with two attached hydrogens (primary N) is 1. The van der Waals surface area contributed by atoms with Crippen LogP contribution in [0.25, 0.3) is 0 Å². The molecule has 0 bridgehead atoms. The molecule has 1 aliphatic carbocycles. The Morgan fingerprint density at radius 1 is 1.31 bits per heavy atom. The summed E-state index contributed by atoms with van der Waals surface area (Å²) in [5.41, 5.74) is 2.79. The third kappa shape index (κ3) is 2.52. The molecule has 0 aromatic heterocycles. The number of anilines is 1. The lowest BCUT2D eigenvalue weighted by atomic mass is 10.3. The smallest absolute Gasteiger partial charge is 0.242 e. The first-order chi connectivity index (χ1) is 7.63. The van der Waals surface area contributed by atoms with Crippen molar-refractivity contribution in [2.45, 2.75) is 17.7 Å². The number of benzene rings is 1. The Balaban J connectivity index is 2.19. The number of nitrogen functional groups attached to an aromatic ring is 1. The minimum absolute atomic E-state index is 0.193. The molecule has 1 aromatic carbocycles. The molecule has 0 atom stereocenters. The van der Waals surface area contributed by atoms with Gasteiger partial charge in [-0.1, -0.05) is 12.1 Å². The molecule has 88 valence electrons. The van der Waals surface area contributed by atoms with Crippen LogP contribution in [0.5, 0.6) is 0 Å². The maximum absolute atomic E-state index is 11.9. The first kappa shape index (κ1) is 11.4. The fraction of sp³-hybridized carbons (Fsp3) is 0.400. The van der Waals surface area contributed by atoms with Gasteiger partial charge in [-0.25, -0.2) is 13.1 Å². The van der Waals surface area contributed by atoms with E-state index in [9.17, 15) is 8.42 Å². The Bertz CT molecular complexity index is 469. The molecule has 1 aromatic rings. The van der Waals surface area contributed by atoms with Crippen LogP contribution in [0.15, 0.2) is 29.2 Å². The summed E-state index contributed by atoms with van der Waals surface area (Å²) >= 11 is 0. The summed E-state index contributed by atoms with van der Waals surface area (Å²) < 4.78 is 26.5. The van der Waals surface area contributed by atoms with Gasteiger partial charge in [0.15, 0.2) is 0 Å². The molecule has 16 heavy (non-hydrogen) atoms. The van der Waals surface area contributed by atoms with Crippen molar-refractivity contribution in [2.24, 2.45) is 11.8 Å². The van der Waals surface area contributed by atoms with E-state index in [0.29, 0.717) is 18.2 Å². The second-order valence-electron chi connectivity index (χ2n) is 3.94. The molecule has 0 saturated heterocycles. The third-order valence-electron chi connectivity index (χ3n) is 2.59. The lowest BCUT2D eigenvalue weighted by Crippen LogP contribution is -2.27. The molecule has 1 saturated carbocycles. The van der Waals surface area contributed by atoms with E-state index in [4.69, 9.17) is 5.84 Å². The number of hydrazine groups is 1. The average molecular weight is 241 g/mol. The molecule has 0 spiro atoms. The lowest BCUT2D eigenvalue weighted by molar-refractivity contribution is 0.578. The molecule has 0 unspecified atom stereocenters. The highest BCUT2D eigenvalue weighted by Crippen LogP contribution is 2.28. The van der Waals surface area contributed by atoms with Gasteiger partial charge in [-0.2, -0.15) is 0 Å². The van der Waals surface area contributed by atoms with Crippen molar-refractivity contribution >= 4 is 15.7 Å². The van der Waals surface area contributed by atoms with E-state index in [1.807, 2.05) is 0 Å². The zero-order valence-corrected chi connectivity index (χ0v) is 9.63. The van der Waals surface area contributed by atoms with Gasteiger partial charge in [-0.3, -0.25) is 5.84 Å². The van der Waals surface area contributed by atoms with Crippen molar-refractivity contribution < 1.29 is 8.42 Å². The first-order valence-corrected chi connectivity index (χ1v) is 6.67. The topological polar surface area (TPSA) is 84.2 Å². The van der Waals surface area contributed by atoms with Gasteiger partial charge in [0.2, 0.25) is 10.0 Å². The maximum atomic E-state index is 11.9. The van der Waals surface area contributed by atoms with Crippen LogP contribution in [-0.4, -0.2) is 15.0 Å². The van der Waals surface area contributed by atoms with Crippen LogP contribution in [0.2, 0.25) is 0 Å². The second-order valence-corrected chi connectivity index (χ2v) is 5.67. The van der Waals surface area contributed by atoms with Gasteiger partial charge >= 0.3 is 0 Å². The number of hydrogen-bond donors (Lipinski definition) is 3.